The van der Waals surface area contributed by atoms with Gasteiger partial charge >= 0.3 is 6.18 Å². The van der Waals surface area contributed by atoms with Crippen LogP contribution in [0.15, 0.2) is 42.5 Å². The van der Waals surface area contributed by atoms with Gasteiger partial charge in [-0.05, 0) is 24.3 Å². The number of nitrogens with zero attached hydrogens (tertiary/aromatic N) is 5. The summed E-state index contributed by atoms with van der Waals surface area (Å²) in [6.45, 7) is 6.87. The molecule has 1 aromatic heterocycles. The predicted octanol–water partition coefficient (Wildman–Crippen LogP) is 4.12. The summed E-state index contributed by atoms with van der Waals surface area (Å²) in [6.07, 6.45) is -2.83. The first-order valence-corrected chi connectivity index (χ1v) is 19.2. The predicted molar refractivity (Wildman–Crippen MR) is 178 cm³/mol. The highest BCUT2D eigenvalue weighted by Gasteiger charge is 2.33. The van der Waals surface area contributed by atoms with Crippen molar-refractivity contribution in [1.29, 1.82) is 0 Å². The number of piperazine rings is 1. The maximum atomic E-state index is 13.2. The lowest BCUT2D eigenvalue weighted by Gasteiger charge is -2.38. The van der Waals surface area contributed by atoms with Crippen LogP contribution in [0.25, 0.3) is 11.3 Å². The Morgan fingerprint density at radius 1 is 0.957 bits per heavy atom. The normalized spacial score (nSPS) is 17.1. The number of fused-ring (bicyclic) bond motifs is 1. The van der Waals surface area contributed by atoms with Crippen molar-refractivity contribution in [3.8, 4) is 11.3 Å². The molecule has 2 N–H and O–H groups in total. The van der Waals surface area contributed by atoms with Crippen LogP contribution in [-0.4, -0.2) is 98.8 Å². The Bertz CT molecular complexity index is 1760. The summed E-state index contributed by atoms with van der Waals surface area (Å²) < 4.78 is 93.3. The summed E-state index contributed by atoms with van der Waals surface area (Å²) in [5, 5.41) is 16.2. The number of anilines is 2. The van der Waals surface area contributed by atoms with Crippen LogP contribution in [0.1, 0.15) is 30.7 Å². The molecule has 1 saturated heterocycles. The van der Waals surface area contributed by atoms with E-state index in [1.807, 2.05) is 18.7 Å². The van der Waals surface area contributed by atoms with E-state index in [4.69, 9.17) is 11.6 Å². The first-order valence-electron chi connectivity index (χ1n) is 15.1. The molecule has 0 saturated carbocycles. The number of para-hydroxylation sites is 1. The highest BCUT2D eigenvalue weighted by molar-refractivity contribution is 7.92. The van der Waals surface area contributed by atoms with Crippen LogP contribution in [0.3, 0.4) is 0 Å². The number of alkyl halides is 3. The van der Waals surface area contributed by atoms with Gasteiger partial charge in [0, 0.05) is 69.1 Å². The zero-order valence-corrected chi connectivity index (χ0v) is 29.0. The van der Waals surface area contributed by atoms with Crippen LogP contribution in [0, 0.1) is 0 Å². The van der Waals surface area contributed by atoms with Gasteiger partial charge in [-0.1, -0.05) is 43.6 Å². The van der Waals surface area contributed by atoms with E-state index in [0.717, 1.165) is 30.3 Å². The van der Waals surface area contributed by atoms with E-state index in [1.54, 1.807) is 22.9 Å². The van der Waals surface area contributed by atoms with Crippen LogP contribution in [-0.2, 0) is 45.7 Å². The van der Waals surface area contributed by atoms with E-state index in [1.165, 1.54) is 16.4 Å². The molecule has 3 aromatic rings. The van der Waals surface area contributed by atoms with Crippen molar-refractivity contribution in [2.45, 2.75) is 45.6 Å². The number of aliphatic hydroxyl groups excluding tert-OH is 1. The Labute approximate surface area is 279 Å². The summed E-state index contributed by atoms with van der Waals surface area (Å²) in [5.74, 6) is 0. The SMILES string of the molecule is CC.CS(=O)(=O)Nc1cccc(Cl)c1N1CCN(CC(O)Cn2nc(-c3ccc(C(F)(F)F)cc3)c3c2CCN(S(C)(=O)=O)C3)CC1. The highest BCUT2D eigenvalue weighted by atomic mass is 35.5. The average Bonchev–Trinajstić information content (AvgIpc) is 3.34. The fourth-order valence-electron chi connectivity index (χ4n) is 5.78. The Morgan fingerprint density at radius 2 is 1.60 bits per heavy atom. The molecule has 0 amide bonds. The van der Waals surface area contributed by atoms with Crippen molar-refractivity contribution in [3.63, 3.8) is 0 Å². The van der Waals surface area contributed by atoms with E-state index >= 15 is 0 Å². The second-order valence-electron chi connectivity index (χ2n) is 11.3. The van der Waals surface area contributed by atoms with Crippen molar-refractivity contribution in [2.24, 2.45) is 0 Å². The molecule has 3 heterocycles. The Kier molecular flexibility index (Phi) is 11.6. The van der Waals surface area contributed by atoms with Gasteiger partial charge in [-0.25, -0.2) is 16.8 Å². The number of halogens is 4. The summed E-state index contributed by atoms with van der Waals surface area (Å²) in [6, 6.07) is 9.59. The van der Waals surface area contributed by atoms with Gasteiger partial charge in [0.1, 0.15) is 0 Å². The van der Waals surface area contributed by atoms with Crippen LogP contribution < -0.4 is 9.62 Å². The van der Waals surface area contributed by atoms with Crippen LogP contribution >= 0.6 is 11.6 Å². The van der Waals surface area contributed by atoms with Crippen molar-refractivity contribution >= 4 is 43.0 Å². The zero-order chi connectivity index (χ0) is 34.7. The largest absolute Gasteiger partial charge is 0.416 e. The highest BCUT2D eigenvalue weighted by Crippen LogP contribution is 2.36. The Hall–Kier alpha value is -2.89. The third-order valence-electron chi connectivity index (χ3n) is 7.88. The number of hydrogen-bond donors (Lipinski definition) is 2. The summed E-state index contributed by atoms with van der Waals surface area (Å²) in [4.78, 5) is 4.06. The van der Waals surface area contributed by atoms with Crippen molar-refractivity contribution in [1.82, 2.24) is 19.0 Å². The van der Waals surface area contributed by atoms with Crippen molar-refractivity contribution in [3.05, 3.63) is 64.3 Å². The average molecular weight is 721 g/mol. The third kappa shape index (κ3) is 9.18. The number of hydrogen-bond acceptors (Lipinski definition) is 8. The second-order valence-corrected chi connectivity index (χ2v) is 15.5. The lowest BCUT2D eigenvalue weighted by atomic mass is 10.0. The minimum absolute atomic E-state index is 0.0286. The van der Waals surface area contributed by atoms with Gasteiger partial charge < -0.3 is 10.0 Å². The molecular formula is C30H40ClF3N6O5S2. The molecule has 47 heavy (non-hydrogen) atoms. The lowest BCUT2D eigenvalue weighted by Crippen LogP contribution is -2.49. The number of aromatic nitrogens is 2. The Morgan fingerprint density at radius 3 is 2.17 bits per heavy atom. The van der Waals surface area contributed by atoms with Gasteiger partial charge in [-0.15, -0.1) is 0 Å². The third-order valence-corrected chi connectivity index (χ3v) is 10.0. The van der Waals surface area contributed by atoms with E-state index in [0.29, 0.717) is 72.4 Å². The molecule has 260 valence electrons. The van der Waals surface area contributed by atoms with E-state index in [-0.39, 0.29) is 19.6 Å². The maximum Gasteiger partial charge on any atom is 0.416 e. The molecule has 11 nitrogen and oxygen atoms in total. The number of rotatable bonds is 9. The number of nitrogens with one attached hydrogen (secondary N) is 1. The number of β-amino-alcohol motifs (C(OH)–C–C–N with tert-alkyl or cyclic N) is 1. The first-order chi connectivity index (χ1) is 22.0. The minimum Gasteiger partial charge on any atom is -0.390 e. The molecule has 0 bridgehead atoms. The molecule has 2 aliphatic heterocycles. The second kappa shape index (κ2) is 14.7. The summed E-state index contributed by atoms with van der Waals surface area (Å²) in [5.41, 5.74) is 2.32. The van der Waals surface area contributed by atoms with Gasteiger partial charge in [-0.2, -0.15) is 22.6 Å². The molecule has 2 aliphatic rings. The minimum atomic E-state index is -4.50. The monoisotopic (exact) mass is 720 g/mol. The number of sulfonamides is 2. The van der Waals surface area contributed by atoms with Crippen LogP contribution in [0.5, 0.6) is 0 Å². The molecule has 17 heteroatoms. The smallest absolute Gasteiger partial charge is 0.390 e. The van der Waals surface area contributed by atoms with Crippen LogP contribution in [0.2, 0.25) is 5.02 Å². The molecular weight excluding hydrogens is 681 g/mol. The van der Waals surface area contributed by atoms with Crippen LogP contribution in [0.4, 0.5) is 24.5 Å². The molecule has 0 aliphatic carbocycles. The standard InChI is InChI=1S/C28H34ClF3N6O5S2.C2H6/c1-44(40,41)34-24-5-3-4-23(29)27(24)36-14-12-35(13-15-36)16-21(39)17-38-25-10-11-37(45(2,42)43)18-22(25)26(33-38)19-6-8-20(9-7-19)28(30,31)32;1-2/h3-9,21,34,39H,10-18H2,1-2H3;1-2H3. The molecule has 1 unspecified atom stereocenters. The quantitative estimate of drug-likeness (QED) is 0.338. The van der Waals surface area contributed by atoms with Gasteiger partial charge in [0.05, 0.1) is 52.8 Å². The molecule has 0 radical (unpaired) electrons. The summed E-state index contributed by atoms with van der Waals surface area (Å²) >= 11 is 6.44. The van der Waals surface area contributed by atoms with Crippen molar-refractivity contribution < 1.29 is 35.1 Å². The molecule has 5 rings (SSSR count). The van der Waals surface area contributed by atoms with Crippen molar-refractivity contribution in [2.75, 3.05) is 61.4 Å². The topological polar surface area (TPSA) is 128 Å². The fourth-order valence-corrected chi connectivity index (χ4v) is 7.42. The fraction of sp³-hybridized carbons (Fsp3) is 0.500. The number of aliphatic hydroxyl groups is 1. The molecule has 0 spiro atoms. The van der Waals surface area contributed by atoms with E-state index in [9.17, 15) is 35.1 Å². The molecule has 1 fully saturated rings. The van der Waals surface area contributed by atoms with Gasteiger partial charge in [0.2, 0.25) is 20.0 Å². The zero-order valence-electron chi connectivity index (χ0n) is 26.6. The summed E-state index contributed by atoms with van der Waals surface area (Å²) in [7, 11) is -7.04. The van der Waals surface area contributed by atoms with E-state index in [2.05, 4.69) is 14.7 Å². The Balaban J connectivity index is 0.00000245. The van der Waals surface area contributed by atoms with Gasteiger partial charge in [-0.3, -0.25) is 14.3 Å². The first kappa shape index (κ1) is 36.9. The lowest BCUT2D eigenvalue weighted by molar-refractivity contribution is -0.137. The maximum absolute atomic E-state index is 13.2. The van der Waals surface area contributed by atoms with E-state index < -0.39 is 37.9 Å². The van der Waals surface area contributed by atoms with Gasteiger partial charge in [0.15, 0.2) is 0 Å². The van der Waals surface area contributed by atoms with Gasteiger partial charge in [0.25, 0.3) is 0 Å². The molecule has 1 atom stereocenters. The number of benzene rings is 2. The molecule has 2 aromatic carbocycles.